The third-order valence-corrected chi connectivity index (χ3v) is 5.87. The number of ether oxygens (including phenoxy) is 3. The van der Waals surface area contributed by atoms with Gasteiger partial charge in [0.05, 0.1) is 0 Å². The summed E-state index contributed by atoms with van der Waals surface area (Å²) in [6.07, 6.45) is -1.40. The van der Waals surface area contributed by atoms with E-state index >= 15 is 0 Å². The Morgan fingerprint density at radius 2 is 1.32 bits per heavy atom. The molecule has 0 saturated heterocycles. The van der Waals surface area contributed by atoms with Gasteiger partial charge < -0.3 is 29.7 Å². The highest BCUT2D eigenvalue weighted by Gasteiger charge is 2.29. The fourth-order valence-electron chi connectivity index (χ4n) is 4.34. The molecule has 10 nitrogen and oxygen atoms in total. The quantitative estimate of drug-likeness (QED) is 0.352. The van der Waals surface area contributed by atoms with Crippen molar-refractivity contribution in [2.75, 3.05) is 32.8 Å². The maximum absolute atomic E-state index is 12.8. The number of nitrogens with zero attached hydrogens (tertiary/aromatic N) is 1. The van der Waals surface area contributed by atoms with E-state index in [4.69, 9.17) is 14.2 Å². The predicted molar refractivity (Wildman–Crippen MR) is 150 cm³/mol. The lowest BCUT2D eigenvalue weighted by Crippen LogP contribution is -2.47. The van der Waals surface area contributed by atoms with Gasteiger partial charge in [0.25, 0.3) is 0 Å². The van der Waals surface area contributed by atoms with Crippen LogP contribution in [0.1, 0.15) is 58.6 Å². The van der Waals surface area contributed by atoms with Crippen LogP contribution in [0, 0.1) is 0 Å². The SMILES string of the molecule is CC(C)(C)OC(=O)CN(CCNC(=O)OCC1c2ccccc2-c2ccccc21)C(=O)CNC(=O)OC(C)(C)C. The average molecular weight is 554 g/mol. The van der Waals surface area contributed by atoms with E-state index in [1.54, 1.807) is 41.5 Å². The van der Waals surface area contributed by atoms with Crippen LogP contribution in [0.15, 0.2) is 48.5 Å². The minimum Gasteiger partial charge on any atom is -0.459 e. The first-order chi connectivity index (χ1) is 18.7. The fourth-order valence-corrected chi connectivity index (χ4v) is 4.34. The Morgan fingerprint density at radius 1 is 0.775 bits per heavy atom. The lowest BCUT2D eigenvalue weighted by atomic mass is 9.98. The van der Waals surface area contributed by atoms with E-state index in [0.29, 0.717) is 0 Å². The molecular formula is C30H39N3O7. The van der Waals surface area contributed by atoms with Gasteiger partial charge in [-0.15, -0.1) is 0 Å². The number of alkyl carbamates (subject to hydrolysis) is 2. The number of esters is 1. The van der Waals surface area contributed by atoms with Crippen LogP contribution in [0.4, 0.5) is 9.59 Å². The number of nitrogens with one attached hydrogen (secondary N) is 2. The van der Waals surface area contributed by atoms with Crippen LogP contribution < -0.4 is 10.6 Å². The van der Waals surface area contributed by atoms with E-state index in [0.717, 1.165) is 22.3 Å². The molecule has 40 heavy (non-hydrogen) atoms. The van der Waals surface area contributed by atoms with Crippen LogP contribution in [-0.4, -0.2) is 73.0 Å². The first-order valence-corrected chi connectivity index (χ1v) is 13.3. The second-order valence-electron chi connectivity index (χ2n) is 11.5. The summed E-state index contributed by atoms with van der Waals surface area (Å²) in [6, 6.07) is 16.1. The summed E-state index contributed by atoms with van der Waals surface area (Å²) in [5.74, 6) is -1.23. The zero-order valence-corrected chi connectivity index (χ0v) is 24.0. The molecule has 0 radical (unpaired) electrons. The van der Waals surface area contributed by atoms with Gasteiger partial charge in [0, 0.05) is 19.0 Å². The topological polar surface area (TPSA) is 123 Å². The van der Waals surface area contributed by atoms with Crippen molar-refractivity contribution < 1.29 is 33.4 Å². The van der Waals surface area contributed by atoms with E-state index in [1.165, 1.54) is 4.90 Å². The number of amides is 3. The lowest BCUT2D eigenvalue weighted by Gasteiger charge is -2.26. The number of rotatable bonds is 9. The van der Waals surface area contributed by atoms with Gasteiger partial charge in [-0.25, -0.2) is 9.59 Å². The van der Waals surface area contributed by atoms with Crippen LogP contribution in [0.5, 0.6) is 0 Å². The Hall–Kier alpha value is -4.08. The maximum atomic E-state index is 12.8. The number of fused-ring (bicyclic) bond motifs is 3. The molecule has 1 aliphatic rings. The molecule has 0 bridgehead atoms. The summed E-state index contributed by atoms with van der Waals surface area (Å²) in [4.78, 5) is 50.9. The molecule has 10 heteroatoms. The van der Waals surface area contributed by atoms with Crippen LogP contribution in [0.25, 0.3) is 11.1 Å². The molecule has 3 amide bonds. The largest absolute Gasteiger partial charge is 0.459 e. The predicted octanol–water partition coefficient (Wildman–Crippen LogP) is 4.22. The van der Waals surface area contributed by atoms with E-state index in [1.807, 2.05) is 36.4 Å². The minimum atomic E-state index is -0.755. The Balaban J connectivity index is 1.54. The number of benzene rings is 2. The highest BCUT2D eigenvalue weighted by atomic mass is 16.6. The van der Waals surface area contributed by atoms with Gasteiger partial charge in [0.1, 0.15) is 30.9 Å². The fraction of sp³-hybridized carbons (Fsp3) is 0.467. The van der Waals surface area contributed by atoms with Gasteiger partial charge in [0.2, 0.25) is 5.91 Å². The highest BCUT2D eigenvalue weighted by Crippen LogP contribution is 2.44. The van der Waals surface area contributed by atoms with Crippen LogP contribution in [0.2, 0.25) is 0 Å². The van der Waals surface area contributed by atoms with E-state index < -0.39 is 35.3 Å². The second kappa shape index (κ2) is 12.8. The molecule has 3 rings (SSSR count). The van der Waals surface area contributed by atoms with Crippen LogP contribution in [0.3, 0.4) is 0 Å². The zero-order chi connectivity index (χ0) is 29.5. The number of carbonyl (C=O) groups is 4. The first-order valence-electron chi connectivity index (χ1n) is 13.3. The number of hydrogen-bond donors (Lipinski definition) is 2. The van der Waals surface area contributed by atoms with Crippen molar-refractivity contribution in [1.29, 1.82) is 0 Å². The van der Waals surface area contributed by atoms with Crippen molar-refractivity contribution in [3.63, 3.8) is 0 Å². The molecule has 0 saturated carbocycles. The van der Waals surface area contributed by atoms with E-state index in [2.05, 4.69) is 22.8 Å². The van der Waals surface area contributed by atoms with Crippen molar-refractivity contribution >= 4 is 24.1 Å². The summed E-state index contributed by atoms with van der Waals surface area (Å²) >= 11 is 0. The van der Waals surface area contributed by atoms with E-state index in [9.17, 15) is 19.2 Å². The first kappa shape index (κ1) is 30.5. The summed E-state index contributed by atoms with van der Waals surface area (Å²) in [7, 11) is 0. The van der Waals surface area contributed by atoms with Crippen molar-refractivity contribution in [3.05, 3.63) is 59.7 Å². The summed E-state index contributed by atoms with van der Waals surface area (Å²) < 4.78 is 16.0. The van der Waals surface area contributed by atoms with Gasteiger partial charge in [-0.3, -0.25) is 9.59 Å². The standard InChI is InChI=1S/C30H39N3O7/c1-29(2,3)39-26(35)18-33(25(34)17-32-28(37)40-30(4,5)6)16-15-31-27(36)38-19-24-22-13-9-7-11-20(22)21-12-8-10-14-23(21)24/h7-14,24H,15-19H2,1-6H3,(H,31,36)(H,32,37). The van der Waals surface area contributed by atoms with Crippen LogP contribution >= 0.6 is 0 Å². The Kier molecular flexibility index (Phi) is 9.78. The molecular weight excluding hydrogens is 514 g/mol. The third kappa shape index (κ3) is 9.00. The van der Waals surface area contributed by atoms with Gasteiger partial charge >= 0.3 is 18.2 Å². The Bertz CT molecular complexity index is 1180. The Labute approximate surface area is 235 Å². The van der Waals surface area contributed by atoms with Gasteiger partial charge in [-0.2, -0.15) is 0 Å². The molecule has 2 N–H and O–H groups in total. The van der Waals surface area contributed by atoms with Crippen LogP contribution in [-0.2, 0) is 23.8 Å². The molecule has 0 aliphatic heterocycles. The van der Waals surface area contributed by atoms with E-state index in [-0.39, 0.29) is 38.7 Å². The van der Waals surface area contributed by atoms with Gasteiger partial charge in [-0.1, -0.05) is 48.5 Å². The van der Waals surface area contributed by atoms with Gasteiger partial charge in [-0.05, 0) is 63.8 Å². The molecule has 1 aliphatic carbocycles. The summed E-state index contributed by atoms with van der Waals surface area (Å²) in [5, 5.41) is 5.03. The Morgan fingerprint density at radius 3 is 1.88 bits per heavy atom. The number of hydrogen-bond acceptors (Lipinski definition) is 7. The lowest BCUT2D eigenvalue weighted by molar-refractivity contribution is -0.158. The van der Waals surface area contributed by atoms with Crippen molar-refractivity contribution in [1.82, 2.24) is 15.5 Å². The molecule has 216 valence electrons. The normalized spacial score (nSPS) is 12.6. The maximum Gasteiger partial charge on any atom is 0.408 e. The summed E-state index contributed by atoms with van der Waals surface area (Å²) in [6.45, 7) is 9.73. The molecule has 2 aromatic rings. The average Bonchev–Trinajstić information content (AvgIpc) is 3.17. The van der Waals surface area contributed by atoms with Crippen molar-refractivity contribution in [3.8, 4) is 11.1 Å². The molecule has 0 heterocycles. The molecule has 0 aromatic heterocycles. The second-order valence-corrected chi connectivity index (χ2v) is 11.5. The highest BCUT2D eigenvalue weighted by molar-refractivity contribution is 5.86. The van der Waals surface area contributed by atoms with Gasteiger partial charge in [0.15, 0.2) is 0 Å². The molecule has 0 unspecified atom stereocenters. The van der Waals surface area contributed by atoms with Crippen molar-refractivity contribution in [2.45, 2.75) is 58.7 Å². The monoisotopic (exact) mass is 553 g/mol. The molecule has 0 atom stereocenters. The number of carbonyl (C=O) groups excluding carboxylic acids is 4. The van der Waals surface area contributed by atoms with Crippen molar-refractivity contribution in [2.24, 2.45) is 0 Å². The minimum absolute atomic E-state index is 0.00172. The summed E-state index contributed by atoms with van der Waals surface area (Å²) in [5.41, 5.74) is 2.99. The molecule has 0 fully saturated rings. The zero-order valence-electron chi connectivity index (χ0n) is 24.0. The molecule has 2 aromatic carbocycles. The smallest absolute Gasteiger partial charge is 0.408 e. The third-order valence-electron chi connectivity index (χ3n) is 5.87. The molecule has 0 spiro atoms.